The first-order chi connectivity index (χ1) is 8.61. The number of piperidine rings is 1. The number of nitrogens with zero attached hydrogens (tertiary/aromatic N) is 2. The van der Waals surface area contributed by atoms with Crippen LogP contribution in [0.1, 0.15) is 32.3 Å². The lowest BCUT2D eigenvalue weighted by Gasteiger charge is -2.38. The number of nitriles is 1. The van der Waals surface area contributed by atoms with Gasteiger partial charge in [0.25, 0.3) is 0 Å². The monoisotopic (exact) mass is 243 g/mol. The minimum atomic E-state index is 0.387. The summed E-state index contributed by atoms with van der Waals surface area (Å²) in [5, 5.41) is 8.81. The predicted octanol–water partition coefficient (Wildman–Crippen LogP) is 2.96. The van der Waals surface area contributed by atoms with Crippen LogP contribution in [0.2, 0.25) is 0 Å². The molecule has 0 bridgehead atoms. The van der Waals surface area contributed by atoms with E-state index in [1.165, 1.54) is 18.5 Å². The Kier molecular flexibility index (Phi) is 3.76. The summed E-state index contributed by atoms with van der Waals surface area (Å²) in [5.74, 6) is 0.809. The number of anilines is 2. The molecule has 0 radical (unpaired) electrons. The van der Waals surface area contributed by atoms with Gasteiger partial charge < -0.3 is 10.6 Å². The van der Waals surface area contributed by atoms with Crippen molar-refractivity contribution in [2.75, 3.05) is 17.2 Å². The van der Waals surface area contributed by atoms with Gasteiger partial charge in [0.1, 0.15) is 0 Å². The van der Waals surface area contributed by atoms with Gasteiger partial charge in [0.15, 0.2) is 0 Å². The Morgan fingerprint density at radius 2 is 2.22 bits per heavy atom. The van der Waals surface area contributed by atoms with Crippen molar-refractivity contribution in [1.29, 1.82) is 5.26 Å². The van der Waals surface area contributed by atoms with Crippen molar-refractivity contribution in [2.24, 2.45) is 5.92 Å². The number of nitrogen functional groups attached to an aromatic ring is 1. The molecule has 1 saturated heterocycles. The first-order valence-corrected chi connectivity index (χ1v) is 6.63. The standard InChI is InChI=1S/C15H21N3/c1-11-6-8-18(12(2)9-11)14-3-4-15(17)13(10-14)5-7-16/h3-4,10-12H,5-6,8-9,17H2,1-2H3. The second-order valence-electron chi connectivity index (χ2n) is 5.39. The number of nitrogens with two attached hydrogens (primary N) is 1. The zero-order valence-electron chi connectivity index (χ0n) is 11.2. The molecule has 1 fully saturated rings. The van der Waals surface area contributed by atoms with Crippen molar-refractivity contribution in [3.05, 3.63) is 23.8 Å². The molecule has 0 amide bonds. The highest BCUT2D eigenvalue weighted by atomic mass is 15.2. The van der Waals surface area contributed by atoms with Gasteiger partial charge in [-0.15, -0.1) is 0 Å². The number of hydrogen-bond acceptors (Lipinski definition) is 3. The average Bonchev–Trinajstić information content (AvgIpc) is 2.33. The van der Waals surface area contributed by atoms with Crippen LogP contribution in [0.4, 0.5) is 11.4 Å². The van der Waals surface area contributed by atoms with Crippen molar-refractivity contribution in [3.8, 4) is 6.07 Å². The smallest absolute Gasteiger partial charge is 0.0670 e. The van der Waals surface area contributed by atoms with Gasteiger partial charge in [-0.3, -0.25) is 0 Å². The Bertz CT molecular complexity index is 461. The van der Waals surface area contributed by atoms with Gasteiger partial charge in [-0.1, -0.05) is 6.92 Å². The van der Waals surface area contributed by atoms with Crippen LogP contribution in [0.5, 0.6) is 0 Å². The largest absolute Gasteiger partial charge is 0.398 e. The molecule has 1 aromatic carbocycles. The quantitative estimate of drug-likeness (QED) is 0.812. The minimum Gasteiger partial charge on any atom is -0.398 e. The van der Waals surface area contributed by atoms with E-state index >= 15 is 0 Å². The van der Waals surface area contributed by atoms with Crippen molar-refractivity contribution in [2.45, 2.75) is 39.2 Å². The van der Waals surface area contributed by atoms with Crippen LogP contribution in [-0.4, -0.2) is 12.6 Å². The summed E-state index contributed by atoms with van der Waals surface area (Å²) in [6.07, 6.45) is 2.86. The van der Waals surface area contributed by atoms with Gasteiger partial charge in [0.05, 0.1) is 12.5 Å². The van der Waals surface area contributed by atoms with Crippen LogP contribution in [0, 0.1) is 17.2 Å². The highest BCUT2D eigenvalue weighted by Crippen LogP contribution is 2.29. The summed E-state index contributed by atoms with van der Waals surface area (Å²) >= 11 is 0. The zero-order chi connectivity index (χ0) is 13.1. The summed E-state index contributed by atoms with van der Waals surface area (Å²) in [6.45, 7) is 5.69. The molecule has 2 N–H and O–H groups in total. The summed E-state index contributed by atoms with van der Waals surface area (Å²) in [7, 11) is 0. The van der Waals surface area contributed by atoms with E-state index in [9.17, 15) is 0 Å². The van der Waals surface area contributed by atoms with Crippen molar-refractivity contribution in [3.63, 3.8) is 0 Å². The van der Waals surface area contributed by atoms with E-state index in [1.54, 1.807) is 0 Å². The third kappa shape index (κ3) is 2.59. The number of benzene rings is 1. The Hall–Kier alpha value is -1.69. The Morgan fingerprint density at radius 1 is 1.44 bits per heavy atom. The summed E-state index contributed by atoms with van der Waals surface area (Å²) in [5.41, 5.74) is 8.76. The molecule has 3 nitrogen and oxygen atoms in total. The molecule has 2 atom stereocenters. The third-order valence-corrected chi connectivity index (χ3v) is 3.87. The predicted molar refractivity (Wildman–Crippen MR) is 75.4 cm³/mol. The summed E-state index contributed by atoms with van der Waals surface area (Å²) in [4.78, 5) is 2.43. The first kappa shape index (κ1) is 12.8. The fourth-order valence-electron chi connectivity index (χ4n) is 2.80. The second kappa shape index (κ2) is 5.30. The second-order valence-corrected chi connectivity index (χ2v) is 5.39. The van der Waals surface area contributed by atoms with Gasteiger partial charge in [0.2, 0.25) is 0 Å². The van der Waals surface area contributed by atoms with Gasteiger partial charge in [-0.25, -0.2) is 0 Å². The molecule has 1 aliphatic heterocycles. The topological polar surface area (TPSA) is 53.0 Å². The highest BCUT2D eigenvalue weighted by Gasteiger charge is 2.23. The van der Waals surface area contributed by atoms with Crippen molar-refractivity contribution >= 4 is 11.4 Å². The van der Waals surface area contributed by atoms with Gasteiger partial charge in [-0.05, 0) is 49.4 Å². The van der Waals surface area contributed by atoms with Crippen LogP contribution >= 0.6 is 0 Å². The SMILES string of the molecule is CC1CCN(c2ccc(N)c(CC#N)c2)C(C)C1. The molecule has 18 heavy (non-hydrogen) atoms. The van der Waals surface area contributed by atoms with E-state index in [1.807, 2.05) is 6.07 Å². The fourth-order valence-corrected chi connectivity index (χ4v) is 2.80. The van der Waals surface area contributed by atoms with E-state index in [0.717, 1.165) is 23.7 Å². The molecule has 2 rings (SSSR count). The maximum atomic E-state index is 8.81. The Balaban J connectivity index is 2.23. The Labute approximate surface area is 109 Å². The molecule has 0 aromatic heterocycles. The van der Waals surface area contributed by atoms with E-state index in [2.05, 4.69) is 36.9 Å². The van der Waals surface area contributed by atoms with Crippen LogP contribution < -0.4 is 10.6 Å². The van der Waals surface area contributed by atoms with E-state index in [-0.39, 0.29) is 0 Å². The molecular weight excluding hydrogens is 222 g/mol. The molecule has 1 heterocycles. The number of rotatable bonds is 2. The van der Waals surface area contributed by atoms with Gasteiger partial charge in [0, 0.05) is 24.0 Å². The molecule has 2 unspecified atom stereocenters. The molecule has 96 valence electrons. The molecule has 1 aliphatic rings. The first-order valence-electron chi connectivity index (χ1n) is 6.63. The molecule has 0 spiro atoms. The maximum Gasteiger partial charge on any atom is 0.0670 e. The highest BCUT2D eigenvalue weighted by molar-refractivity contribution is 5.59. The minimum absolute atomic E-state index is 0.387. The van der Waals surface area contributed by atoms with Crippen LogP contribution in [0.15, 0.2) is 18.2 Å². The third-order valence-electron chi connectivity index (χ3n) is 3.87. The molecule has 3 heteroatoms. The van der Waals surface area contributed by atoms with Crippen LogP contribution in [0.3, 0.4) is 0 Å². The maximum absolute atomic E-state index is 8.81. The van der Waals surface area contributed by atoms with Crippen molar-refractivity contribution in [1.82, 2.24) is 0 Å². The Morgan fingerprint density at radius 3 is 2.89 bits per heavy atom. The van der Waals surface area contributed by atoms with Gasteiger partial charge in [-0.2, -0.15) is 5.26 Å². The normalized spacial score (nSPS) is 23.7. The van der Waals surface area contributed by atoms with E-state index in [4.69, 9.17) is 11.0 Å². The van der Waals surface area contributed by atoms with Crippen LogP contribution in [0.25, 0.3) is 0 Å². The number of hydrogen-bond donors (Lipinski definition) is 1. The van der Waals surface area contributed by atoms with Crippen molar-refractivity contribution < 1.29 is 0 Å². The van der Waals surface area contributed by atoms with Gasteiger partial charge >= 0.3 is 0 Å². The zero-order valence-corrected chi connectivity index (χ0v) is 11.2. The van der Waals surface area contributed by atoms with E-state index < -0.39 is 0 Å². The lowest BCUT2D eigenvalue weighted by Crippen LogP contribution is -2.40. The molecule has 0 saturated carbocycles. The lowest BCUT2D eigenvalue weighted by molar-refractivity contribution is 0.378. The lowest BCUT2D eigenvalue weighted by atomic mass is 9.92. The van der Waals surface area contributed by atoms with E-state index in [0.29, 0.717) is 12.5 Å². The molecule has 0 aliphatic carbocycles. The molecular formula is C15H21N3. The summed E-state index contributed by atoms with van der Waals surface area (Å²) in [6, 6.07) is 8.81. The average molecular weight is 243 g/mol. The van der Waals surface area contributed by atoms with Crippen LogP contribution in [-0.2, 0) is 6.42 Å². The fraction of sp³-hybridized carbons (Fsp3) is 0.533. The summed E-state index contributed by atoms with van der Waals surface area (Å²) < 4.78 is 0. The molecule has 1 aromatic rings.